The van der Waals surface area contributed by atoms with Gasteiger partial charge < -0.3 is 20.1 Å². The maximum atomic E-state index is 13.6. The van der Waals surface area contributed by atoms with Crippen LogP contribution in [0.1, 0.15) is 52.7 Å². The van der Waals surface area contributed by atoms with Gasteiger partial charge in [0.15, 0.2) is 9.84 Å². The van der Waals surface area contributed by atoms with Gasteiger partial charge in [0.2, 0.25) is 0 Å². The van der Waals surface area contributed by atoms with Gasteiger partial charge in [0.1, 0.15) is 0 Å². The van der Waals surface area contributed by atoms with E-state index >= 15 is 0 Å². The molecule has 1 heterocycles. The Morgan fingerprint density at radius 2 is 1.84 bits per heavy atom. The summed E-state index contributed by atoms with van der Waals surface area (Å²) in [5, 5.41) is 15.9. The summed E-state index contributed by atoms with van der Waals surface area (Å²) < 4.78 is 28.0. The molecule has 8 nitrogen and oxygen atoms in total. The molecule has 10 heteroatoms. The number of amides is 2. The molecule has 3 aromatic rings. The van der Waals surface area contributed by atoms with Crippen molar-refractivity contribution in [3.63, 3.8) is 0 Å². The quantitative estimate of drug-likeness (QED) is 0.278. The van der Waals surface area contributed by atoms with Gasteiger partial charge >= 0.3 is 6.09 Å². The summed E-state index contributed by atoms with van der Waals surface area (Å²) in [4.78, 5) is 27.0. The van der Waals surface area contributed by atoms with Crippen molar-refractivity contribution in [1.29, 1.82) is 0 Å². The van der Waals surface area contributed by atoms with Crippen molar-refractivity contribution in [3.05, 3.63) is 94.0 Å². The Balaban J connectivity index is 1.66. The summed E-state index contributed by atoms with van der Waals surface area (Å²) in [7, 11) is -1.88. The lowest BCUT2D eigenvalue weighted by Crippen LogP contribution is -2.48. The first-order valence-corrected chi connectivity index (χ1v) is 16.8. The van der Waals surface area contributed by atoms with Crippen LogP contribution in [0.15, 0.2) is 66.7 Å². The third-order valence-corrected chi connectivity index (χ3v) is 9.16. The number of methoxy groups -OCH3 is 1. The van der Waals surface area contributed by atoms with E-state index in [2.05, 4.69) is 5.32 Å². The number of ether oxygens (including phenoxy) is 1. The van der Waals surface area contributed by atoms with Gasteiger partial charge in [0.25, 0.3) is 5.91 Å². The number of benzene rings is 3. The molecule has 3 aromatic carbocycles. The first kappa shape index (κ1) is 32.5. The average Bonchev–Trinajstić information content (AvgIpc) is 2.98. The molecular weight excluding hydrogens is 588 g/mol. The van der Waals surface area contributed by atoms with Gasteiger partial charge in [0, 0.05) is 48.0 Å². The van der Waals surface area contributed by atoms with E-state index in [1.807, 2.05) is 49.4 Å². The van der Waals surface area contributed by atoms with Crippen molar-refractivity contribution in [3.8, 4) is 11.1 Å². The smallest absolute Gasteiger partial charge is 0.406 e. The lowest BCUT2D eigenvalue weighted by molar-refractivity contribution is -0.0563. The maximum absolute atomic E-state index is 13.6. The summed E-state index contributed by atoms with van der Waals surface area (Å²) >= 11 is 6.81. The molecule has 0 bridgehead atoms. The Hall–Kier alpha value is -3.40. The molecule has 230 valence electrons. The second kappa shape index (κ2) is 13.9. The zero-order valence-electron chi connectivity index (χ0n) is 24.8. The zero-order valence-corrected chi connectivity index (χ0v) is 26.4. The number of carbonyl (C=O) groups excluding carboxylic acids is 2. The second-order valence-corrected chi connectivity index (χ2v) is 13.9. The molecule has 2 amide bonds. The maximum Gasteiger partial charge on any atom is 0.406 e. The number of carbonyl (C=O) groups is 2. The van der Waals surface area contributed by atoms with Crippen LogP contribution in [0.25, 0.3) is 11.1 Å². The molecule has 0 aromatic heterocycles. The minimum atomic E-state index is -3.19. The highest BCUT2D eigenvalue weighted by atomic mass is 35.5. The van der Waals surface area contributed by atoms with E-state index in [9.17, 15) is 23.1 Å². The third-order valence-electron chi connectivity index (χ3n) is 7.99. The summed E-state index contributed by atoms with van der Waals surface area (Å²) in [5.41, 5.74) is 3.12. The Morgan fingerprint density at radius 1 is 1.12 bits per heavy atom. The number of rotatable bonds is 10. The standard InChI is InChI=1S/C33H39ClN2O6S/c1-23-8-4-9-26(20-23)30-28(11-5-12-29(30)34)33(39,17-7-18-35-32(38)42-2)27-10-6-19-36(21-27)31(37)25-15-13-24(14-16-25)22-43(3,40)41/h4-5,8-9,11-16,20,27,39H,6-7,10,17-19,21-22H2,1-3H3,(H,35,38). The highest BCUT2D eigenvalue weighted by Crippen LogP contribution is 2.45. The van der Waals surface area contributed by atoms with E-state index < -0.39 is 21.5 Å². The Kier molecular flexibility index (Phi) is 10.5. The number of piperidine rings is 1. The van der Waals surface area contributed by atoms with E-state index in [1.54, 1.807) is 29.2 Å². The molecule has 2 unspecified atom stereocenters. The van der Waals surface area contributed by atoms with Crippen LogP contribution < -0.4 is 5.32 Å². The number of nitrogens with zero attached hydrogens (tertiary/aromatic N) is 1. The number of aryl methyl sites for hydroxylation is 1. The number of nitrogens with one attached hydrogen (secondary N) is 1. The lowest BCUT2D eigenvalue weighted by atomic mass is 9.72. The van der Waals surface area contributed by atoms with Crippen LogP contribution in [-0.2, 0) is 25.9 Å². The number of halogens is 1. The molecule has 2 N–H and O–H groups in total. The third kappa shape index (κ3) is 8.16. The van der Waals surface area contributed by atoms with Crippen molar-refractivity contribution in [2.75, 3.05) is 33.0 Å². The van der Waals surface area contributed by atoms with Crippen molar-refractivity contribution < 1.29 is 27.9 Å². The molecule has 0 saturated carbocycles. The number of hydrogen-bond donors (Lipinski definition) is 2. The molecule has 1 saturated heterocycles. The number of hydrogen-bond acceptors (Lipinski definition) is 6. The fourth-order valence-electron chi connectivity index (χ4n) is 5.94. The first-order valence-electron chi connectivity index (χ1n) is 14.4. The summed E-state index contributed by atoms with van der Waals surface area (Å²) in [6, 6.07) is 20.2. The van der Waals surface area contributed by atoms with E-state index in [-0.39, 0.29) is 17.6 Å². The largest absolute Gasteiger partial charge is 0.453 e. The van der Waals surface area contributed by atoms with Gasteiger partial charge in [-0.1, -0.05) is 65.7 Å². The molecule has 0 radical (unpaired) electrons. The topological polar surface area (TPSA) is 113 Å². The predicted molar refractivity (Wildman–Crippen MR) is 169 cm³/mol. The highest BCUT2D eigenvalue weighted by Gasteiger charge is 2.43. The second-order valence-electron chi connectivity index (χ2n) is 11.3. The van der Waals surface area contributed by atoms with Crippen LogP contribution in [0.3, 0.4) is 0 Å². The van der Waals surface area contributed by atoms with E-state index in [4.69, 9.17) is 16.3 Å². The van der Waals surface area contributed by atoms with Crippen LogP contribution in [0.2, 0.25) is 5.02 Å². The monoisotopic (exact) mass is 626 g/mol. The van der Waals surface area contributed by atoms with Gasteiger partial charge in [-0.25, -0.2) is 13.2 Å². The molecule has 43 heavy (non-hydrogen) atoms. The van der Waals surface area contributed by atoms with E-state index in [0.717, 1.165) is 16.7 Å². The minimum Gasteiger partial charge on any atom is -0.453 e. The first-order chi connectivity index (χ1) is 20.4. The summed E-state index contributed by atoms with van der Waals surface area (Å²) in [5.74, 6) is -0.571. The van der Waals surface area contributed by atoms with Crippen LogP contribution in [0.4, 0.5) is 4.79 Å². The molecule has 4 rings (SSSR count). The fourth-order valence-corrected chi connectivity index (χ4v) is 7.02. The van der Waals surface area contributed by atoms with Gasteiger partial charge in [-0.05, 0) is 67.5 Å². The van der Waals surface area contributed by atoms with Crippen LogP contribution >= 0.6 is 11.6 Å². The average molecular weight is 627 g/mol. The molecule has 0 spiro atoms. The molecule has 1 aliphatic rings. The number of likely N-dealkylation sites (tertiary alicyclic amines) is 1. The molecule has 2 atom stereocenters. The summed E-state index contributed by atoms with van der Waals surface area (Å²) in [6.45, 7) is 3.18. The number of sulfone groups is 1. The Bertz CT molecular complexity index is 1560. The van der Waals surface area contributed by atoms with Gasteiger partial charge in [-0.2, -0.15) is 0 Å². The Morgan fingerprint density at radius 3 is 2.51 bits per heavy atom. The number of aliphatic hydroxyl groups is 1. The van der Waals surface area contributed by atoms with Gasteiger partial charge in [0.05, 0.1) is 18.5 Å². The highest BCUT2D eigenvalue weighted by molar-refractivity contribution is 7.89. The van der Waals surface area contributed by atoms with E-state index in [1.165, 1.54) is 13.4 Å². The SMILES string of the molecule is COC(=O)NCCCC(O)(c1cccc(Cl)c1-c1cccc(C)c1)C1CCCN(C(=O)c2ccc(CS(C)(=O)=O)cc2)C1. The van der Waals surface area contributed by atoms with Crippen molar-refractivity contribution in [1.82, 2.24) is 10.2 Å². The van der Waals surface area contributed by atoms with Crippen molar-refractivity contribution in [2.45, 2.75) is 44.0 Å². The van der Waals surface area contributed by atoms with Crippen LogP contribution in [-0.4, -0.2) is 63.4 Å². The minimum absolute atomic E-state index is 0.0893. The summed E-state index contributed by atoms with van der Waals surface area (Å²) in [6.07, 6.45) is 2.82. The Labute approximate surface area is 258 Å². The fraction of sp³-hybridized carbons (Fsp3) is 0.394. The van der Waals surface area contributed by atoms with Crippen molar-refractivity contribution in [2.24, 2.45) is 5.92 Å². The lowest BCUT2D eigenvalue weighted by Gasteiger charge is -2.44. The molecule has 1 aliphatic heterocycles. The number of alkyl carbamates (subject to hydrolysis) is 1. The van der Waals surface area contributed by atoms with Crippen LogP contribution in [0, 0.1) is 12.8 Å². The normalized spacial score (nSPS) is 16.8. The van der Waals surface area contributed by atoms with Crippen molar-refractivity contribution >= 4 is 33.4 Å². The molecule has 0 aliphatic carbocycles. The van der Waals surface area contributed by atoms with E-state index in [0.29, 0.717) is 67.0 Å². The predicted octanol–water partition coefficient (Wildman–Crippen LogP) is 5.74. The van der Waals surface area contributed by atoms with Gasteiger partial charge in [-0.15, -0.1) is 0 Å². The van der Waals surface area contributed by atoms with Crippen LogP contribution in [0.5, 0.6) is 0 Å². The van der Waals surface area contributed by atoms with Gasteiger partial charge in [-0.3, -0.25) is 4.79 Å². The molecule has 1 fully saturated rings. The zero-order chi connectivity index (χ0) is 31.2. The molecular formula is C33H39ClN2O6S.